The van der Waals surface area contributed by atoms with E-state index in [-0.39, 0.29) is 11.0 Å². The van der Waals surface area contributed by atoms with E-state index in [1.165, 1.54) is 11.8 Å². The molecule has 6 heteroatoms. The Bertz CT molecular complexity index is 923. The Morgan fingerprint density at radius 3 is 2.72 bits per heavy atom. The number of benzene rings is 2. The third-order valence-corrected chi connectivity index (χ3v) is 5.56. The minimum atomic E-state index is -0.261. The van der Waals surface area contributed by atoms with Crippen molar-refractivity contribution in [1.29, 1.82) is 0 Å². The second-order valence-corrected chi connectivity index (χ2v) is 8.05. The molecule has 0 saturated heterocycles. The van der Waals surface area contributed by atoms with Gasteiger partial charge < -0.3 is 0 Å². The van der Waals surface area contributed by atoms with Gasteiger partial charge in [0.1, 0.15) is 0 Å². The Balaban J connectivity index is 1.78. The number of nitrogens with one attached hydrogen (secondary N) is 1. The van der Waals surface area contributed by atoms with Crippen molar-refractivity contribution >= 4 is 33.5 Å². The zero-order chi connectivity index (χ0) is 18.0. The minimum Gasteiger partial charge on any atom is -0.293 e. The van der Waals surface area contributed by atoms with Crippen molar-refractivity contribution < 1.29 is 4.79 Å². The van der Waals surface area contributed by atoms with Gasteiger partial charge in [-0.1, -0.05) is 63.6 Å². The number of aryl methyl sites for hydroxylation is 2. The quantitative estimate of drug-likeness (QED) is 0.458. The van der Waals surface area contributed by atoms with Gasteiger partial charge in [0.05, 0.1) is 5.25 Å². The Morgan fingerprint density at radius 1 is 1.20 bits per heavy atom. The molecule has 3 aromatic rings. The Kier molecular flexibility index (Phi) is 5.39. The van der Waals surface area contributed by atoms with Crippen LogP contribution in [0.1, 0.15) is 28.4 Å². The maximum absolute atomic E-state index is 12.8. The average Bonchev–Trinajstić information content (AvgIpc) is 3.05. The number of aromatic amines is 1. The number of halogens is 1. The molecule has 3 rings (SSSR count). The maximum Gasteiger partial charge on any atom is 0.209 e. The van der Waals surface area contributed by atoms with Crippen molar-refractivity contribution in [3.63, 3.8) is 0 Å². The van der Waals surface area contributed by atoms with E-state index in [4.69, 9.17) is 0 Å². The number of carbonyl (C=O) groups excluding carboxylic acids is 1. The van der Waals surface area contributed by atoms with Crippen LogP contribution in [0.25, 0.3) is 11.4 Å². The summed E-state index contributed by atoms with van der Waals surface area (Å²) in [6.07, 6.45) is 0. The van der Waals surface area contributed by atoms with Crippen LogP contribution in [0, 0.1) is 13.8 Å². The van der Waals surface area contributed by atoms with Crippen molar-refractivity contribution in [2.24, 2.45) is 0 Å². The summed E-state index contributed by atoms with van der Waals surface area (Å²) in [5.41, 5.74) is 3.78. The summed E-state index contributed by atoms with van der Waals surface area (Å²) in [6, 6.07) is 13.8. The Hall–Kier alpha value is -1.92. The summed E-state index contributed by atoms with van der Waals surface area (Å²) >= 11 is 4.88. The first-order valence-corrected chi connectivity index (χ1v) is 9.58. The third kappa shape index (κ3) is 4.02. The molecule has 0 unspecified atom stereocenters. The standard InChI is InChI=1S/C19H18BrN3OS/c1-11-8-9-12(2)15(10-11)17(24)13(3)25-19-21-18(22-23-19)14-6-4-5-7-16(14)20/h4-10,13H,1-3H3,(H,21,22,23)/t13-/m1/s1. The molecule has 0 amide bonds. The van der Waals surface area contributed by atoms with Crippen LogP contribution in [-0.2, 0) is 0 Å². The molecule has 4 nitrogen and oxygen atoms in total. The number of aromatic nitrogens is 3. The highest BCUT2D eigenvalue weighted by Gasteiger charge is 2.20. The van der Waals surface area contributed by atoms with Crippen LogP contribution in [0.15, 0.2) is 52.1 Å². The predicted octanol–water partition coefficient (Wildman–Crippen LogP) is 5.21. The van der Waals surface area contributed by atoms with E-state index >= 15 is 0 Å². The summed E-state index contributed by atoms with van der Waals surface area (Å²) in [5.74, 6) is 0.778. The lowest BCUT2D eigenvalue weighted by Crippen LogP contribution is -2.15. The van der Waals surface area contributed by atoms with Gasteiger partial charge in [-0.05, 0) is 38.5 Å². The van der Waals surface area contributed by atoms with Crippen LogP contribution >= 0.6 is 27.7 Å². The number of hydrogen-bond donors (Lipinski definition) is 1. The maximum atomic E-state index is 12.8. The fourth-order valence-electron chi connectivity index (χ4n) is 2.50. The molecule has 0 fully saturated rings. The van der Waals surface area contributed by atoms with Gasteiger partial charge in [-0.2, -0.15) is 0 Å². The molecule has 0 aliphatic heterocycles. The van der Waals surface area contributed by atoms with Crippen LogP contribution in [0.2, 0.25) is 0 Å². The molecular weight excluding hydrogens is 398 g/mol. The van der Waals surface area contributed by atoms with Crippen molar-refractivity contribution in [1.82, 2.24) is 15.2 Å². The molecule has 1 N–H and O–H groups in total. The topological polar surface area (TPSA) is 58.6 Å². The summed E-state index contributed by atoms with van der Waals surface area (Å²) in [6.45, 7) is 5.85. The highest BCUT2D eigenvalue weighted by atomic mass is 79.9. The van der Waals surface area contributed by atoms with Crippen molar-refractivity contribution in [3.05, 3.63) is 63.6 Å². The fraction of sp³-hybridized carbons (Fsp3) is 0.211. The molecule has 0 saturated carbocycles. The first-order valence-electron chi connectivity index (χ1n) is 7.91. The van der Waals surface area contributed by atoms with E-state index < -0.39 is 0 Å². The Morgan fingerprint density at radius 2 is 1.96 bits per heavy atom. The first-order chi connectivity index (χ1) is 12.0. The van der Waals surface area contributed by atoms with Gasteiger partial charge in [-0.15, -0.1) is 5.10 Å². The molecule has 25 heavy (non-hydrogen) atoms. The highest BCUT2D eigenvalue weighted by molar-refractivity contribution is 9.10. The monoisotopic (exact) mass is 415 g/mol. The SMILES string of the molecule is Cc1ccc(C)c(C(=O)[C@@H](C)Sc2n[nH]c(-c3ccccc3Br)n2)c1. The molecule has 0 bridgehead atoms. The van der Waals surface area contributed by atoms with Crippen LogP contribution < -0.4 is 0 Å². The summed E-state index contributed by atoms with van der Waals surface area (Å²) in [5, 5.41) is 7.49. The van der Waals surface area contributed by atoms with Crippen molar-refractivity contribution in [3.8, 4) is 11.4 Å². The van der Waals surface area contributed by atoms with Gasteiger partial charge >= 0.3 is 0 Å². The largest absolute Gasteiger partial charge is 0.293 e. The van der Waals surface area contributed by atoms with Gasteiger partial charge in [-0.3, -0.25) is 9.89 Å². The molecule has 1 atom stereocenters. The van der Waals surface area contributed by atoms with E-state index in [1.807, 2.05) is 63.2 Å². The van der Waals surface area contributed by atoms with Gasteiger partial charge in [0.25, 0.3) is 0 Å². The molecule has 2 aromatic carbocycles. The molecule has 0 aliphatic carbocycles. The molecule has 1 heterocycles. The van der Waals surface area contributed by atoms with Crippen LogP contribution in [0.4, 0.5) is 0 Å². The molecular formula is C19H18BrN3OS. The number of hydrogen-bond acceptors (Lipinski definition) is 4. The van der Waals surface area contributed by atoms with Gasteiger partial charge in [0.2, 0.25) is 5.16 Å². The van der Waals surface area contributed by atoms with E-state index in [0.717, 1.165) is 26.7 Å². The number of Topliss-reactive ketones (excluding diaryl/α,β-unsaturated/α-hetero) is 1. The zero-order valence-electron chi connectivity index (χ0n) is 14.2. The van der Waals surface area contributed by atoms with E-state index in [2.05, 4.69) is 31.1 Å². The van der Waals surface area contributed by atoms with Crippen LogP contribution in [-0.4, -0.2) is 26.2 Å². The lowest BCUT2D eigenvalue weighted by Gasteiger charge is -2.11. The summed E-state index contributed by atoms with van der Waals surface area (Å²) in [4.78, 5) is 17.3. The van der Waals surface area contributed by atoms with E-state index in [0.29, 0.717) is 11.0 Å². The average molecular weight is 416 g/mol. The van der Waals surface area contributed by atoms with Gasteiger partial charge in [0.15, 0.2) is 11.6 Å². The number of nitrogens with zero attached hydrogens (tertiary/aromatic N) is 2. The zero-order valence-corrected chi connectivity index (χ0v) is 16.6. The second kappa shape index (κ2) is 7.54. The lowest BCUT2D eigenvalue weighted by atomic mass is 10.0. The Labute approximate surface area is 159 Å². The molecule has 0 spiro atoms. The normalized spacial score (nSPS) is 12.2. The van der Waals surface area contributed by atoms with Gasteiger partial charge in [0, 0.05) is 15.6 Å². The van der Waals surface area contributed by atoms with E-state index in [1.54, 1.807) is 0 Å². The number of rotatable bonds is 5. The molecule has 0 aliphatic rings. The van der Waals surface area contributed by atoms with Crippen LogP contribution in [0.5, 0.6) is 0 Å². The minimum absolute atomic E-state index is 0.0958. The first kappa shape index (κ1) is 17.9. The highest BCUT2D eigenvalue weighted by Crippen LogP contribution is 2.29. The molecule has 1 aromatic heterocycles. The summed E-state index contributed by atoms with van der Waals surface area (Å²) < 4.78 is 0.946. The smallest absolute Gasteiger partial charge is 0.209 e. The summed E-state index contributed by atoms with van der Waals surface area (Å²) in [7, 11) is 0. The van der Waals surface area contributed by atoms with Crippen molar-refractivity contribution in [2.75, 3.05) is 0 Å². The van der Waals surface area contributed by atoms with E-state index in [9.17, 15) is 4.79 Å². The third-order valence-electron chi connectivity index (χ3n) is 3.90. The predicted molar refractivity (Wildman–Crippen MR) is 105 cm³/mol. The van der Waals surface area contributed by atoms with Crippen LogP contribution in [0.3, 0.4) is 0 Å². The number of H-pyrrole nitrogens is 1. The fourth-order valence-corrected chi connectivity index (χ4v) is 3.77. The molecule has 128 valence electrons. The second-order valence-electron chi connectivity index (χ2n) is 5.89. The number of thioether (sulfide) groups is 1. The molecule has 0 radical (unpaired) electrons. The lowest BCUT2D eigenvalue weighted by molar-refractivity contribution is 0.0993. The number of ketones is 1. The van der Waals surface area contributed by atoms with Crippen molar-refractivity contribution in [2.45, 2.75) is 31.2 Å². The van der Waals surface area contributed by atoms with Gasteiger partial charge in [-0.25, -0.2) is 4.98 Å². The number of carbonyl (C=O) groups is 1.